The first kappa shape index (κ1) is 14.3. The van der Waals surface area contributed by atoms with Crippen molar-refractivity contribution in [3.63, 3.8) is 0 Å². The first-order valence-electron chi connectivity index (χ1n) is 8.78. The Balaban J connectivity index is 1.63. The number of cyclic esters (lactones) is 1. The van der Waals surface area contributed by atoms with Crippen LogP contribution in [0, 0.1) is 17.3 Å². The van der Waals surface area contributed by atoms with E-state index in [-0.39, 0.29) is 36.0 Å². The molecule has 5 heteroatoms. The minimum absolute atomic E-state index is 0.103. The molecule has 5 rings (SSSR count). The van der Waals surface area contributed by atoms with Gasteiger partial charge in [-0.25, -0.2) is 0 Å². The molecule has 0 bridgehead atoms. The number of ether oxygens (including phenoxy) is 2. The number of hydrogen-bond donors (Lipinski definition) is 0. The van der Waals surface area contributed by atoms with E-state index in [0.29, 0.717) is 12.8 Å². The topological polar surface area (TPSA) is 65.7 Å². The zero-order valence-corrected chi connectivity index (χ0v) is 13.6. The Labute approximate surface area is 140 Å². The fraction of sp³-hybridized carbons (Fsp3) is 0.579. The van der Waals surface area contributed by atoms with Crippen molar-refractivity contribution in [1.29, 1.82) is 0 Å². The molecule has 0 saturated carbocycles. The summed E-state index contributed by atoms with van der Waals surface area (Å²) >= 11 is 0. The Bertz CT molecular complexity index is 746. The molecule has 0 radical (unpaired) electrons. The highest BCUT2D eigenvalue weighted by molar-refractivity contribution is 5.87. The van der Waals surface area contributed by atoms with E-state index in [1.807, 2.05) is 6.07 Å². The second-order valence-corrected chi connectivity index (χ2v) is 7.57. The van der Waals surface area contributed by atoms with E-state index >= 15 is 0 Å². The lowest BCUT2D eigenvalue weighted by Crippen LogP contribution is -2.44. The molecule has 3 heterocycles. The first-order valence-corrected chi connectivity index (χ1v) is 8.78. The summed E-state index contributed by atoms with van der Waals surface area (Å²) in [5.41, 5.74) is 2.56. The molecular weight excluding hydrogens is 308 g/mol. The van der Waals surface area contributed by atoms with Crippen molar-refractivity contribution in [2.45, 2.75) is 51.2 Å². The Morgan fingerprint density at radius 2 is 2.08 bits per heavy atom. The van der Waals surface area contributed by atoms with Gasteiger partial charge in [0.05, 0.1) is 23.9 Å². The molecule has 5 nitrogen and oxygen atoms in total. The predicted molar refractivity (Wildman–Crippen MR) is 82.6 cm³/mol. The van der Waals surface area contributed by atoms with Crippen LogP contribution in [-0.2, 0) is 19.1 Å². The molecule has 2 saturated heterocycles. The molecule has 2 fully saturated rings. The molecular formula is C19H20O5. The average molecular weight is 328 g/mol. The normalized spacial score (nSPS) is 40.7. The van der Waals surface area contributed by atoms with Crippen molar-refractivity contribution < 1.29 is 23.5 Å². The fourth-order valence-corrected chi connectivity index (χ4v) is 5.36. The van der Waals surface area contributed by atoms with Crippen molar-refractivity contribution in [1.82, 2.24) is 0 Å². The van der Waals surface area contributed by atoms with E-state index in [0.717, 1.165) is 36.0 Å². The number of carbonyl (C=O) groups excluding carboxylic acids is 2. The lowest BCUT2D eigenvalue weighted by molar-refractivity contribution is -0.150. The highest BCUT2D eigenvalue weighted by atomic mass is 16.6. The van der Waals surface area contributed by atoms with Crippen LogP contribution in [0.25, 0.3) is 0 Å². The fourth-order valence-electron chi connectivity index (χ4n) is 5.36. The Morgan fingerprint density at radius 1 is 1.21 bits per heavy atom. The van der Waals surface area contributed by atoms with Crippen LogP contribution in [0.5, 0.6) is 0 Å². The molecule has 1 aromatic rings. The molecule has 5 atom stereocenters. The van der Waals surface area contributed by atoms with Gasteiger partial charge in [-0.1, -0.05) is 6.92 Å². The van der Waals surface area contributed by atoms with Gasteiger partial charge in [0, 0.05) is 12.0 Å². The van der Waals surface area contributed by atoms with Crippen molar-refractivity contribution in [3.8, 4) is 0 Å². The summed E-state index contributed by atoms with van der Waals surface area (Å²) in [5, 5.41) is 0. The highest BCUT2D eigenvalue weighted by Crippen LogP contribution is 2.61. The number of esters is 2. The lowest BCUT2D eigenvalue weighted by Gasteiger charge is -2.43. The van der Waals surface area contributed by atoms with Gasteiger partial charge in [0.1, 0.15) is 12.2 Å². The van der Waals surface area contributed by atoms with E-state index < -0.39 is 5.41 Å². The number of fused-ring (bicyclic) bond motifs is 1. The molecule has 4 aliphatic rings. The standard InChI is InChI=1S/C19H20O5/c1-10-7-14-16-12(17(20)23-14)3-2-4-13(16)19(10)8-15(24-18(19)21)11-5-6-22-9-11/h5-6,9-10,12,14-15H,2-4,7-8H2,1H3/t10-,12-,14+,15?,19?/m1/s1. The Kier molecular flexibility index (Phi) is 2.83. The summed E-state index contributed by atoms with van der Waals surface area (Å²) in [5.74, 6) is -0.268. The van der Waals surface area contributed by atoms with Crippen LogP contribution < -0.4 is 0 Å². The van der Waals surface area contributed by atoms with E-state index in [4.69, 9.17) is 13.9 Å². The summed E-state index contributed by atoms with van der Waals surface area (Å²) < 4.78 is 16.6. The second kappa shape index (κ2) is 4.74. The van der Waals surface area contributed by atoms with Gasteiger partial charge in [0.25, 0.3) is 0 Å². The summed E-state index contributed by atoms with van der Waals surface area (Å²) in [7, 11) is 0. The molecule has 126 valence electrons. The highest BCUT2D eigenvalue weighted by Gasteiger charge is 2.62. The monoisotopic (exact) mass is 328 g/mol. The molecule has 1 spiro atoms. The summed E-state index contributed by atoms with van der Waals surface area (Å²) in [6.45, 7) is 2.10. The van der Waals surface area contributed by atoms with Gasteiger partial charge in [-0.3, -0.25) is 9.59 Å². The number of rotatable bonds is 1. The van der Waals surface area contributed by atoms with Crippen LogP contribution >= 0.6 is 0 Å². The maximum Gasteiger partial charge on any atom is 0.317 e. The van der Waals surface area contributed by atoms with Crippen LogP contribution in [0.4, 0.5) is 0 Å². The third-order valence-electron chi connectivity index (χ3n) is 6.52. The quantitative estimate of drug-likeness (QED) is 0.584. The van der Waals surface area contributed by atoms with E-state index in [2.05, 4.69) is 6.92 Å². The summed E-state index contributed by atoms with van der Waals surface area (Å²) in [6, 6.07) is 1.86. The van der Waals surface area contributed by atoms with Crippen LogP contribution in [0.2, 0.25) is 0 Å². The third kappa shape index (κ3) is 1.65. The molecule has 0 N–H and O–H groups in total. The van der Waals surface area contributed by atoms with E-state index in [9.17, 15) is 9.59 Å². The first-order chi connectivity index (χ1) is 11.6. The van der Waals surface area contributed by atoms with Crippen LogP contribution in [0.3, 0.4) is 0 Å². The maximum absolute atomic E-state index is 13.0. The van der Waals surface area contributed by atoms with Crippen molar-refractivity contribution in [2.24, 2.45) is 17.3 Å². The second-order valence-electron chi connectivity index (χ2n) is 7.57. The Hall–Kier alpha value is -2.04. The molecule has 2 unspecified atom stereocenters. The molecule has 24 heavy (non-hydrogen) atoms. The van der Waals surface area contributed by atoms with Crippen LogP contribution in [0.15, 0.2) is 34.2 Å². The minimum Gasteiger partial charge on any atom is -0.472 e. The van der Waals surface area contributed by atoms with Crippen molar-refractivity contribution in [3.05, 3.63) is 35.3 Å². The molecule has 1 aromatic heterocycles. The molecule has 0 amide bonds. The summed E-state index contributed by atoms with van der Waals surface area (Å²) in [6.07, 6.45) is 6.88. The molecule has 2 aliphatic heterocycles. The molecule has 0 aromatic carbocycles. The summed E-state index contributed by atoms with van der Waals surface area (Å²) in [4.78, 5) is 25.2. The van der Waals surface area contributed by atoms with Gasteiger partial charge in [-0.15, -0.1) is 0 Å². The molecule has 2 aliphatic carbocycles. The Morgan fingerprint density at radius 3 is 2.88 bits per heavy atom. The van der Waals surface area contributed by atoms with Gasteiger partial charge >= 0.3 is 11.9 Å². The zero-order chi connectivity index (χ0) is 16.5. The zero-order valence-electron chi connectivity index (χ0n) is 13.6. The largest absolute Gasteiger partial charge is 0.472 e. The minimum atomic E-state index is -0.597. The van der Waals surface area contributed by atoms with Crippen molar-refractivity contribution >= 4 is 11.9 Å². The number of hydrogen-bond acceptors (Lipinski definition) is 5. The van der Waals surface area contributed by atoms with Crippen molar-refractivity contribution in [2.75, 3.05) is 0 Å². The average Bonchev–Trinajstić information content (AvgIpc) is 3.26. The van der Waals surface area contributed by atoms with Gasteiger partial charge in [-0.05, 0) is 48.8 Å². The van der Waals surface area contributed by atoms with Gasteiger partial charge in [-0.2, -0.15) is 0 Å². The number of furan rings is 1. The predicted octanol–water partition coefficient (Wildman–Crippen LogP) is 3.32. The smallest absolute Gasteiger partial charge is 0.317 e. The SMILES string of the molecule is C[C@@H]1C[C@@H]2OC(=O)[C@@H]3CCCC(=C32)C12CC(c1ccoc1)OC2=O. The maximum atomic E-state index is 13.0. The van der Waals surface area contributed by atoms with Gasteiger partial charge in [0.2, 0.25) is 0 Å². The van der Waals surface area contributed by atoms with Crippen LogP contribution in [0.1, 0.15) is 50.7 Å². The number of carbonyl (C=O) groups is 2. The van der Waals surface area contributed by atoms with Crippen LogP contribution in [-0.4, -0.2) is 18.0 Å². The van der Waals surface area contributed by atoms with Gasteiger partial charge < -0.3 is 13.9 Å². The van der Waals surface area contributed by atoms with Gasteiger partial charge in [0.15, 0.2) is 0 Å². The van der Waals surface area contributed by atoms with E-state index in [1.54, 1.807) is 12.5 Å². The third-order valence-corrected chi connectivity index (χ3v) is 6.52. The van der Waals surface area contributed by atoms with E-state index in [1.165, 1.54) is 0 Å². The lowest BCUT2D eigenvalue weighted by atomic mass is 9.57.